The van der Waals surface area contributed by atoms with E-state index in [1.807, 2.05) is 44.2 Å². The lowest BCUT2D eigenvalue weighted by Crippen LogP contribution is -2.42. The highest BCUT2D eigenvalue weighted by Gasteiger charge is 2.20. The zero-order valence-corrected chi connectivity index (χ0v) is 30.3. The van der Waals surface area contributed by atoms with Crippen molar-refractivity contribution in [2.45, 2.75) is 93.7 Å². The topological polar surface area (TPSA) is 143 Å². The van der Waals surface area contributed by atoms with Gasteiger partial charge < -0.3 is 31.3 Å². The molecule has 10 nitrogen and oxygen atoms in total. The standard InChI is InChI=1S/C30H43N5O5.C4H10.C3H8/c1-5-12-35(13-6-2)30(39)24-15-23(16-26(17-24)40-4)29(38)33-19-25(31)14-21(3)28(37)34-20-27(36)32-18-22-10-8-7-9-11-22;1-4(2)3;1-3-2/h7-11,15-17,21,25H,5-6,12-14,18-20,31H2,1-4H3,(H,32,36)(H,33,38)(H,34,37);4H,1-3H3;3H2,1-2H3. The molecule has 0 heterocycles. The van der Waals surface area contributed by atoms with Gasteiger partial charge in [-0.05, 0) is 48.9 Å². The Kier molecular flexibility index (Phi) is 23.1. The second-order valence-electron chi connectivity index (χ2n) is 12.3. The van der Waals surface area contributed by atoms with Crippen molar-refractivity contribution in [1.82, 2.24) is 20.9 Å². The maximum absolute atomic E-state index is 13.1. The number of benzene rings is 2. The molecule has 0 fully saturated rings. The van der Waals surface area contributed by atoms with Crippen molar-refractivity contribution in [3.63, 3.8) is 0 Å². The van der Waals surface area contributed by atoms with Gasteiger partial charge in [-0.1, -0.05) is 92.1 Å². The summed E-state index contributed by atoms with van der Waals surface area (Å²) in [6.07, 6.45) is 3.22. The van der Waals surface area contributed by atoms with Crippen LogP contribution >= 0.6 is 0 Å². The van der Waals surface area contributed by atoms with Gasteiger partial charge in [-0.2, -0.15) is 0 Å². The van der Waals surface area contributed by atoms with Gasteiger partial charge in [0, 0.05) is 49.3 Å². The highest BCUT2D eigenvalue weighted by molar-refractivity contribution is 6.00. The van der Waals surface area contributed by atoms with Gasteiger partial charge in [0.1, 0.15) is 5.75 Å². The van der Waals surface area contributed by atoms with Crippen molar-refractivity contribution in [3.8, 4) is 5.75 Å². The summed E-state index contributed by atoms with van der Waals surface area (Å²) >= 11 is 0. The third-order valence-corrected chi connectivity index (χ3v) is 6.31. The number of amides is 4. The maximum atomic E-state index is 13.1. The predicted molar refractivity (Wildman–Crippen MR) is 191 cm³/mol. The summed E-state index contributed by atoms with van der Waals surface area (Å²) in [5, 5.41) is 8.17. The van der Waals surface area contributed by atoms with E-state index in [2.05, 4.69) is 50.6 Å². The van der Waals surface area contributed by atoms with Crippen LogP contribution in [0.25, 0.3) is 0 Å². The molecule has 0 aliphatic heterocycles. The number of methoxy groups -OCH3 is 1. The molecule has 0 radical (unpaired) electrons. The molecule has 10 heteroatoms. The fourth-order valence-corrected chi connectivity index (χ4v) is 4.18. The first-order valence-corrected chi connectivity index (χ1v) is 16.9. The van der Waals surface area contributed by atoms with E-state index in [4.69, 9.17) is 10.5 Å². The molecule has 0 aromatic heterocycles. The smallest absolute Gasteiger partial charge is 0.254 e. The van der Waals surface area contributed by atoms with E-state index in [0.717, 1.165) is 24.3 Å². The van der Waals surface area contributed by atoms with E-state index >= 15 is 0 Å². The van der Waals surface area contributed by atoms with E-state index in [-0.39, 0.29) is 36.4 Å². The number of ether oxygens (including phenoxy) is 1. The van der Waals surface area contributed by atoms with Crippen molar-refractivity contribution < 1.29 is 23.9 Å². The minimum atomic E-state index is -0.493. The fourth-order valence-electron chi connectivity index (χ4n) is 4.18. The highest BCUT2D eigenvalue weighted by Crippen LogP contribution is 2.19. The van der Waals surface area contributed by atoms with Gasteiger partial charge in [-0.3, -0.25) is 19.2 Å². The summed E-state index contributed by atoms with van der Waals surface area (Å²) in [5.74, 6) is -0.347. The lowest BCUT2D eigenvalue weighted by Gasteiger charge is -2.22. The molecule has 0 aliphatic carbocycles. The molecule has 0 saturated carbocycles. The molecule has 0 saturated heterocycles. The van der Waals surface area contributed by atoms with Crippen LogP contribution in [0.15, 0.2) is 48.5 Å². The molecule has 2 rings (SSSR count). The highest BCUT2D eigenvalue weighted by atomic mass is 16.5. The van der Waals surface area contributed by atoms with Gasteiger partial charge in [-0.15, -0.1) is 0 Å². The van der Waals surface area contributed by atoms with Crippen LogP contribution in [-0.2, 0) is 16.1 Å². The van der Waals surface area contributed by atoms with Gasteiger partial charge in [0.15, 0.2) is 0 Å². The third kappa shape index (κ3) is 19.4. The molecule has 264 valence electrons. The van der Waals surface area contributed by atoms with Crippen molar-refractivity contribution in [3.05, 3.63) is 65.2 Å². The van der Waals surface area contributed by atoms with Gasteiger partial charge in [-0.25, -0.2) is 0 Å². The predicted octanol–water partition coefficient (Wildman–Crippen LogP) is 5.55. The molecule has 0 spiro atoms. The number of hydrogen-bond donors (Lipinski definition) is 4. The van der Waals surface area contributed by atoms with Gasteiger partial charge in [0.25, 0.3) is 11.8 Å². The maximum Gasteiger partial charge on any atom is 0.254 e. The van der Waals surface area contributed by atoms with Crippen LogP contribution in [-0.4, -0.2) is 67.9 Å². The lowest BCUT2D eigenvalue weighted by molar-refractivity contribution is -0.128. The Morgan fingerprint density at radius 3 is 1.91 bits per heavy atom. The lowest BCUT2D eigenvalue weighted by atomic mass is 10.0. The SMILES string of the molecule is CC(C)C.CCC.CCCN(CCC)C(=O)c1cc(OC)cc(C(=O)NCC(N)CC(C)C(=O)NCC(=O)NCc2ccccc2)c1. The molecule has 2 unspecified atom stereocenters. The molecule has 2 aromatic carbocycles. The number of carbonyl (C=O) groups excluding carboxylic acids is 4. The third-order valence-electron chi connectivity index (χ3n) is 6.31. The van der Waals surface area contributed by atoms with Crippen molar-refractivity contribution in [2.75, 3.05) is 33.3 Å². The summed E-state index contributed by atoms with van der Waals surface area (Å²) < 4.78 is 5.33. The Bertz CT molecular complexity index is 1180. The molecule has 47 heavy (non-hydrogen) atoms. The number of nitrogens with one attached hydrogen (secondary N) is 3. The Hall–Kier alpha value is -3.92. The van der Waals surface area contributed by atoms with E-state index in [1.165, 1.54) is 13.5 Å². The molecule has 2 atom stereocenters. The Morgan fingerprint density at radius 2 is 1.38 bits per heavy atom. The molecule has 2 aromatic rings. The summed E-state index contributed by atoms with van der Waals surface area (Å²) in [5.41, 5.74) is 7.83. The summed E-state index contributed by atoms with van der Waals surface area (Å²) in [6, 6.07) is 13.8. The minimum absolute atomic E-state index is 0.131. The first-order valence-electron chi connectivity index (χ1n) is 16.9. The van der Waals surface area contributed by atoms with Gasteiger partial charge in [0.05, 0.1) is 13.7 Å². The van der Waals surface area contributed by atoms with Gasteiger partial charge in [0.2, 0.25) is 11.8 Å². The van der Waals surface area contributed by atoms with Crippen molar-refractivity contribution >= 4 is 23.6 Å². The average molecular weight is 656 g/mol. The fraction of sp³-hybridized carbons (Fsp3) is 0.568. The van der Waals surface area contributed by atoms with Crippen molar-refractivity contribution in [2.24, 2.45) is 17.6 Å². The van der Waals surface area contributed by atoms with Crippen LogP contribution in [0.5, 0.6) is 5.75 Å². The minimum Gasteiger partial charge on any atom is -0.497 e. The number of nitrogens with two attached hydrogens (primary N) is 1. The summed E-state index contributed by atoms with van der Waals surface area (Å²) in [6.45, 7) is 18.1. The first kappa shape index (κ1) is 43.1. The van der Waals surface area contributed by atoms with E-state index in [0.29, 0.717) is 37.4 Å². The van der Waals surface area contributed by atoms with Crippen LogP contribution in [0.4, 0.5) is 0 Å². The monoisotopic (exact) mass is 655 g/mol. The van der Waals surface area contributed by atoms with Crippen LogP contribution in [0.2, 0.25) is 0 Å². The van der Waals surface area contributed by atoms with E-state index < -0.39 is 17.9 Å². The molecule has 5 N–H and O–H groups in total. The van der Waals surface area contributed by atoms with Crippen LogP contribution in [0.1, 0.15) is 107 Å². The van der Waals surface area contributed by atoms with E-state index in [1.54, 1.807) is 30.0 Å². The second kappa shape index (κ2) is 25.2. The Morgan fingerprint density at radius 1 is 0.830 bits per heavy atom. The van der Waals surface area contributed by atoms with Crippen LogP contribution in [0, 0.1) is 11.8 Å². The Balaban J connectivity index is 0.00000275. The number of rotatable bonds is 16. The molecule has 0 aliphatic rings. The Labute approximate surface area is 283 Å². The van der Waals surface area contributed by atoms with Crippen LogP contribution < -0.4 is 26.4 Å². The van der Waals surface area contributed by atoms with Crippen LogP contribution in [0.3, 0.4) is 0 Å². The first-order chi connectivity index (χ1) is 22.3. The number of carbonyl (C=O) groups is 4. The molecule has 0 bridgehead atoms. The normalized spacial score (nSPS) is 11.5. The quantitative estimate of drug-likeness (QED) is 0.187. The second-order valence-corrected chi connectivity index (χ2v) is 12.3. The zero-order valence-electron chi connectivity index (χ0n) is 30.3. The summed E-state index contributed by atoms with van der Waals surface area (Å²) in [4.78, 5) is 52.3. The molecular formula is C37H61N5O5. The molecular weight excluding hydrogens is 594 g/mol. The van der Waals surface area contributed by atoms with Crippen molar-refractivity contribution in [1.29, 1.82) is 0 Å². The molecule has 4 amide bonds. The number of hydrogen-bond acceptors (Lipinski definition) is 6. The van der Waals surface area contributed by atoms with E-state index in [9.17, 15) is 19.2 Å². The average Bonchev–Trinajstić information content (AvgIpc) is 3.04. The summed E-state index contributed by atoms with van der Waals surface area (Å²) in [7, 11) is 1.48. The number of nitrogens with zero attached hydrogens (tertiary/aromatic N) is 1. The largest absolute Gasteiger partial charge is 0.497 e. The zero-order chi connectivity index (χ0) is 35.8. The van der Waals surface area contributed by atoms with Gasteiger partial charge >= 0.3 is 0 Å².